The van der Waals surface area contributed by atoms with Crippen LogP contribution in [0.4, 0.5) is 0 Å². The molecular formula is C18H19NO4S. The first-order chi connectivity index (χ1) is 11.5. The van der Waals surface area contributed by atoms with Crippen LogP contribution in [0, 0.1) is 0 Å². The Morgan fingerprint density at radius 3 is 2.21 bits per heavy atom. The van der Waals surface area contributed by atoms with Gasteiger partial charge < -0.3 is 9.64 Å². The molecule has 1 aliphatic heterocycles. The van der Waals surface area contributed by atoms with Gasteiger partial charge >= 0.3 is 0 Å². The number of amides is 1. The van der Waals surface area contributed by atoms with Gasteiger partial charge in [-0.25, -0.2) is 8.42 Å². The second-order valence-corrected chi connectivity index (χ2v) is 8.29. The zero-order chi connectivity index (χ0) is 17.2. The molecule has 1 saturated heterocycles. The van der Waals surface area contributed by atoms with E-state index in [9.17, 15) is 13.2 Å². The first-order valence-electron chi connectivity index (χ1n) is 7.83. The van der Waals surface area contributed by atoms with Crippen molar-refractivity contribution in [3.05, 3.63) is 60.2 Å². The lowest BCUT2D eigenvalue weighted by Crippen LogP contribution is -2.57. The molecule has 0 atom stereocenters. The number of carbonyl (C=O) groups is 1. The summed E-state index contributed by atoms with van der Waals surface area (Å²) in [5.74, 6) is 1.34. The normalized spacial score (nSPS) is 15.0. The minimum Gasteiger partial charge on any atom is -0.457 e. The van der Waals surface area contributed by atoms with Gasteiger partial charge in [0.15, 0.2) is 9.84 Å². The zero-order valence-electron chi connectivity index (χ0n) is 13.4. The Balaban J connectivity index is 1.61. The minimum absolute atomic E-state index is 0.116. The van der Waals surface area contributed by atoms with Gasteiger partial charge in [-0.2, -0.15) is 0 Å². The molecule has 0 radical (unpaired) electrons. The van der Waals surface area contributed by atoms with Crippen LogP contribution in [-0.2, 0) is 9.84 Å². The molecule has 0 unspecified atom stereocenters. The molecule has 0 spiro atoms. The lowest BCUT2D eigenvalue weighted by atomic mass is 10.1. The predicted octanol–water partition coefficient (Wildman–Crippen LogP) is 2.74. The topological polar surface area (TPSA) is 63.7 Å². The number of ether oxygens (including phenoxy) is 1. The second kappa shape index (κ2) is 6.65. The van der Waals surface area contributed by atoms with Crippen LogP contribution < -0.4 is 4.74 Å². The summed E-state index contributed by atoms with van der Waals surface area (Å²) in [4.78, 5) is 13.9. The van der Waals surface area contributed by atoms with E-state index in [0.29, 0.717) is 11.3 Å². The van der Waals surface area contributed by atoms with Gasteiger partial charge in [0.25, 0.3) is 5.91 Å². The molecule has 1 fully saturated rings. The van der Waals surface area contributed by atoms with Crippen molar-refractivity contribution in [2.75, 3.05) is 18.8 Å². The standard InChI is InChI=1S/C18H19NO4S/c1-2-24(21,22)17-12-19(13-17)18(20)14-8-10-16(11-9-14)23-15-6-4-3-5-7-15/h3-11,17H,2,12-13H2,1H3. The SMILES string of the molecule is CCS(=O)(=O)C1CN(C(=O)c2ccc(Oc3ccccc3)cc2)C1. The molecule has 6 heteroatoms. The highest BCUT2D eigenvalue weighted by Gasteiger charge is 2.38. The van der Waals surface area contributed by atoms with Gasteiger partial charge in [0.2, 0.25) is 0 Å². The summed E-state index contributed by atoms with van der Waals surface area (Å²) in [5.41, 5.74) is 0.530. The Morgan fingerprint density at radius 2 is 1.62 bits per heavy atom. The van der Waals surface area contributed by atoms with E-state index in [1.807, 2.05) is 30.3 Å². The van der Waals surface area contributed by atoms with E-state index >= 15 is 0 Å². The minimum atomic E-state index is -3.07. The number of likely N-dealkylation sites (tertiary alicyclic amines) is 1. The summed E-state index contributed by atoms with van der Waals surface area (Å²) in [5, 5.41) is -0.424. The smallest absolute Gasteiger partial charge is 0.253 e. The maximum absolute atomic E-state index is 12.3. The monoisotopic (exact) mass is 345 g/mol. The number of hydrogen-bond acceptors (Lipinski definition) is 4. The maximum atomic E-state index is 12.3. The maximum Gasteiger partial charge on any atom is 0.253 e. The fourth-order valence-corrected chi connectivity index (χ4v) is 3.83. The van der Waals surface area contributed by atoms with Crippen molar-refractivity contribution in [2.24, 2.45) is 0 Å². The first-order valence-corrected chi connectivity index (χ1v) is 9.55. The number of benzene rings is 2. The first kappa shape index (κ1) is 16.5. The predicted molar refractivity (Wildman–Crippen MR) is 92.1 cm³/mol. The van der Waals surface area contributed by atoms with E-state index in [4.69, 9.17) is 4.74 Å². The van der Waals surface area contributed by atoms with E-state index < -0.39 is 15.1 Å². The highest BCUT2D eigenvalue weighted by Crippen LogP contribution is 2.23. The van der Waals surface area contributed by atoms with E-state index in [1.165, 1.54) is 0 Å². The van der Waals surface area contributed by atoms with Crippen LogP contribution in [0.25, 0.3) is 0 Å². The molecule has 0 aromatic heterocycles. The van der Waals surface area contributed by atoms with Crippen LogP contribution in [-0.4, -0.2) is 43.3 Å². The molecule has 24 heavy (non-hydrogen) atoms. The zero-order valence-corrected chi connectivity index (χ0v) is 14.2. The molecule has 2 aromatic rings. The quantitative estimate of drug-likeness (QED) is 0.836. The van der Waals surface area contributed by atoms with Crippen molar-refractivity contribution in [2.45, 2.75) is 12.2 Å². The Hall–Kier alpha value is -2.34. The number of carbonyl (C=O) groups excluding carboxylic acids is 1. The number of hydrogen-bond donors (Lipinski definition) is 0. The summed E-state index contributed by atoms with van der Waals surface area (Å²) in [6.07, 6.45) is 0. The molecule has 5 nitrogen and oxygen atoms in total. The highest BCUT2D eigenvalue weighted by molar-refractivity contribution is 7.92. The summed E-state index contributed by atoms with van der Waals surface area (Å²) in [6, 6.07) is 16.3. The molecule has 1 heterocycles. The van der Waals surface area contributed by atoms with Crippen molar-refractivity contribution >= 4 is 15.7 Å². The van der Waals surface area contributed by atoms with Gasteiger partial charge in [-0.1, -0.05) is 25.1 Å². The number of para-hydroxylation sites is 1. The van der Waals surface area contributed by atoms with Crippen molar-refractivity contribution < 1.29 is 17.9 Å². The molecule has 0 aliphatic carbocycles. The Bertz CT molecular complexity index is 810. The van der Waals surface area contributed by atoms with Crippen LogP contribution in [0.1, 0.15) is 17.3 Å². The van der Waals surface area contributed by atoms with Crippen molar-refractivity contribution in [3.8, 4) is 11.5 Å². The molecule has 0 bridgehead atoms. The highest BCUT2D eigenvalue weighted by atomic mass is 32.2. The molecule has 0 N–H and O–H groups in total. The van der Waals surface area contributed by atoms with Crippen LogP contribution in [0.15, 0.2) is 54.6 Å². The average Bonchev–Trinajstić information content (AvgIpc) is 2.55. The van der Waals surface area contributed by atoms with E-state index in [-0.39, 0.29) is 24.7 Å². The van der Waals surface area contributed by atoms with Gasteiger partial charge in [0.1, 0.15) is 11.5 Å². The van der Waals surface area contributed by atoms with Gasteiger partial charge in [0, 0.05) is 24.4 Å². The summed E-state index contributed by atoms with van der Waals surface area (Å²) >= 11 is 0. The molecule has 0 saturated carbocycles. The molecule has 1 aliphatic rings. The lowest BCUT2D eigenvalue weighted by Gasteiger charge is -2.38. The second-order valence-electron chi connectivity index (χ2n) is 5.72. The molecule has 126 valence electrons. The molecule has 1 amide bonds. The molecule has 3 rings (SSSR count). The van der Waals surface area contributed by atoms with E-state index in [0.717, 1.165) is 5.75 Å². The van der Waals surface area contributed by atoms with Crippen LogP contribution >= 0.6 is 0 Å². The summed E-state index contributed by atoms with van der Waals surface area (Å²) in [7, 11) is -3.07. The van der Waals surface area contributed by atoms with Gasteiger partial charge in [-0.3, -0.25) is 4.79 Å². The van der Waals surface area contributed by atoms with E-state index in [1.54, 1.807) is 36.1 Å². The van der Waals surface area contributed by atoms with Crippen LogP contribution in [0.2, 0.25) is 0 Å². The Labute approximate surface area is 141 Å². The third-order valence-corrected chi connectivity index (χ3v) is 6.24. The Morgan fingerprint density at radius 1 is 1.04 bits per heavy atom. The largest absolute Gasteiger partial charge is 0.457 e. The third-order valence-electron chi connectivity index (χ3n) is 4.13. The van der Waals surface area contributed by atoms with Gasteiger partial charge in [-0.05, 0) is 36.4 Å². The third kappa shape index (κ3) is 3.43. The van der Waals surface area contributed by atoms with Crippen molar-refractivity contribution in [1.29, 1.82) is 0 Å². The van der Waals surface area contributed by atoms with Crippen molar-refractivity contribution in [3.63, 3.8) is 0 Å². The van der Waals surface area contributed by atoms with Gasteiger partial charge in [0.05, 0.1) is 5.25 Å². The Kier molecular flexibility index (Phi) is 4.57. The molecular weight excluding hydrogens is 326 g/mol. The summed E-state index contributed by atoms with van der Waals surface area (Å²) in [6.45, 7) is 2.18. The number of sulfone groups is 1. The van der Waals surface area contributed by atoms with Crippen LogP contribution in [0.3, 0.4) is 0 Å². The fraction of sp³-hybridized carbons (Fsp3) is 0.278. The molecule has 2 aromatic carbocycles. The lowest BCUT2D eigenvalue weighted by molar-refractivity contribution is 0.0659. The summed E-state index contributed by atoms with van der Waals surface area (Å²) < 4.78 is 29.2. The van der Waals surface area contributed by atoms with Crippen LogP contribution in [0.5, 0.6) is 11.5 Å². The number of nitrogens with zero attached hydrogens (tertiary/aromatic N) is 1. The van der Waals surface area contributed by atoms with Crippen molar-refractivity contribution in [1.82, 2.24) is 4.90 Å². The number of rotatable bonds is 5. The van der Waals surface area contributed by atoms with Gasteiger partial charge in [-0.15, -0.1) is 0 Å². The average molecular weight is 345 g/mol. The fourth-order valence-electron chi connectivity index (χ4n) is 2.54. The van der Waals surface area contributed by atoms with E-state index in [2.05, 4.69) is 0 Å².